The molecule has 1 heterocycles. The monoisotopic (exact) mass is 358 g/mol. The molecule has 0 spiro atoms. The van der Waals surface area contributed by atoms with Gasteiger partial charge in [-0.2, -0.15) is 0 Å². The number of amides is 1. The van der Waals surface area contributed by atoms with Gasteiger partial charge in [-0.15, -0.1) is 0 Å². The minimum Gasteiger partial charge on any atom is -0.334 e. The van der Waals surface area contributed by atoms with Crippen molar-refractivity contribution in [3.8, 4) is 0 Å². The van der Waals surface area contributed by atoms with Gasteiger partial charge in [0.25, 0.3) is 5.91 Å². The molecule has 0 radical (unpaired) electrons. The van der Waals surface area contributed by atoms with E-state index in [0.717, 1.165) is 28.5 Å². The molecular formula is C14H19IN2O. The zero-order chi connectivity index (χ0) is 13.1. The van der Waals surface area contributed by atoms with Gasteiger partial charge in [-0.05, 0) is 60.9 Å². The normalized spacial score (nSPS) is 21.7. The number of carbonyl (C=O) groups excluding carboxylic acids is 1. The minimum absolute atomic E-state index is 0.0376. The van der Waals surface area contributed by atoms with E-state index in [4.69, 9.17) is 5.73 Å². The average molecular weight is 358 g/mol. The molecule has 1 aliphatic heterocycles. The number of halogens is 1. The summed E-state index contributed by atoms with van der Waals surface area (Å²) in [5.41, 5.74) is 6.81. The lowest BCUT2D eigenvalue weighted by Gasteiger charge is -2.38. The molecule has 0 saturated carbocycles. The molecule has 2 atom stereocenters. The first-order valence-electron chi connectivity index (χ1n) is 6.42. The van der Waals surface area contributed by atoms with Crippen molar-refractivity contribution in [2.75, 3.05) is 6.54 Å². The Morgan fingerprint density at radius 1 is 1.44 bits per heavy atom. The van der Waals surface area contributed by atoms with E-state index in [0.29, 0.717) is 0 Å². The van der Waals surface area contributed by atoms with Crippen molar-refractivity contribution in [3.05, 3.63) is 33.4 Å². The Morgan fingerprint density at radius 2 is 2.17 bits per heavy atom. The number of nitrogens with zero attached hydrogens (tertiary/aromatic N) is 1. The lowest BCUT2D eigenvalue weighted by Crippen LogP contribution is -2.51. The molecule has 3 nitrogen and oxygen atoms in total. The molecule has 0 bridgehead atoms. The maximum atomic E-state index is 12.6. The topological polar surface area (TPSA) is 46.3 Å². The van der Waals surface area contributed by atoms with E-state index in [2.05, 4.69) is 22.6 Å². The first-order valence-corrected chi connectivity index (χ1v) is 7.50. The van der Waals surface area contributed by atoms with E-state index in [9.17, 15) is 4.79 Å². The summed E-state index contributed by atoms with van der Waals surface area (Å²) in [4.78, 5) is 14.6. The van der Waals surface area contributed by atoms with Crippen LogP contribution in [0.1, 0.15) is 36.5 Å². The molecule has 0 aliphatic carbocycles. The van der Waals surface area contributed by atoms with Gasteiger partial charge in [0.1, 0.15) is 0 Å². The number of likely N-dealkylation sites (tertiary alicyclic amines) is 1. The second-order valence-corrected chi connectivity index (χ2v) is 6.06. The van der Waals surface area contributed by atoms with Gasteiger partial charge in [-0.25, -0.2) is 0 Å². The van der Waals surface area contributed by atoms with Crippen LogP contribution in [0.15, 0.2) is 24.3 Å². The van der Waals surface area contributed by atoms with Crippen LogP contribution in [0, 0.1) is 3.57 Å². The zero-order valence-corrected chi connectivity index (χ0v) is 12.8. The molecule has 1 amide bonds. The lowest BCUT2D eigenvalue weighted by atomic mass is 9.96. The molecule has 1 aliphatic rings. The zero-order valence-electron chi connectivity index (χ0n) is 10.6. The van der Waals surface area contributed by atoms with E-state index < -0.39 is 0 Å². The maximum Gasteiger partial charge on any atom is 0.255 e. The highest BCUT2D eigenvalue weighted by atomic mass is 127. The van der Waals surface area contributed by atoms with Crippen molar-refractivity contribution in [1.29, 1.82) is 0 Å². The Morgan fingerprint density at radius 3 is 2.83 bits per heavy atom. The van der Waals surface area contributed by atoms with Crippen LogP contribution in [-0.2, 0) is 0 Å². The lowest BCUT2D eigenvalue weighted by molar-refractivity contribution is 0.0582. The molecule has 4 heteroatoms. The summed E-state index contributed by atoms with van der Waals surface area (Å²) in [6, 6.07) is 7.96. The Kier molecular flexibility index (Phi) is 4.61. The van der Waals surface area contributed by atoms with Crippen molar-refractivity contribution in [2.24, 2.45) is 5.73 Å². The minimum atomic E-state index is 0.0376. The number of hydrogen-bond acceptors (Lipinski definition) is 2. The molecule has 1 aromatic rings. The molecular weight excluding hydrogens is 339 g/mol. The fourth-order valence-corrected chi connectivity index (χ4v) is 3.16. The summed E-state index contributed by atoms with van der Waals surface area (Å²) < 4.78 is 1.01. The van der Waals surface area contributed by atoms with Crippen molar-refractivity contribution in [2.45, 2.75) is 38.3 Å². The largest absolute Gasteiger partial charge is 0.334 e. The molecule has 98 valence electrons. The highest BCUT2D eigenvalue weighted by Crippen LogP contribution is 2.23. The molecule has 1 aromatic carbocycles. The van der Waals surface area contributed by atoms with Crippen LogP contribution in [0.25, 0.3) is 0 Å². The van der Waals surface area contributed by atoms with Crippen LogP contribution >= 0.6 is 22.6 Å². The summed E-state index contributed by atoms with van der Waals surface area (Å²) in [5.74, 6) is 0.127. The molecule has 18 heavy (non-hydrogen) atoms. The van der Waals surface area contributed by atoms with Crippen LogP contribution < -0.4 is 5.73 Å². The predicted octanol–water partition coefficient (Wildman–Crippen LogP) is 2.63. The Bertz CT molecular complexity index is 434. The molecule has 2 rings (SSSR count). The second kappa shape index (κ2) is 6.02. The summed E-state index contributed by atoms with van der Waals surface area (Å²) in [5, 5.41) is 0. The summed E-state index contributed by atoms with van der Waals surface area (Å²) in [6.45, 7) is 2.82. The quantitative estimate of drug-likeness (QED) is 0.827. The molecule has 1 saturated heterocycles. The maximum absolute atomic E-state index is 12.6. The smallest absolute Gasteiger partial charge is 0.255 e. The molecule has 1 fully saturated rings. The molecule has 2 N–H and O–H groups in total. The third kappa shape index (κ3) is 2.85. The number of nitrogens with two attached hydrogens (primary N) is 1. The number of benzene rings is 1. The van der Waals surface area contributed by atoms with Crippen molar-refractivity contribution >= 4 is 28.5 Å². The van der Waals surface area contributed by atoms with Crippen LogP contribution in [0.2, 0.25) is 0 Å². The summed E-state index contributed by atoms with van der Waals surface area (Å²) in [7, 11) is 0. The van der Waals surface area contributed by atoms with Gasteiger partial charge < -0.3 is 10.6 Å². The molecule has 0 aromatic heterocycles. The Balaban J connectivity index is 2.24. The average Bonchev–Trinajstić information content (AvgIpc) is 2.38. The highest BCUT2D eigenvalue weighted by molar-refractivity contribution is 14.1. The van der Waals surface area contributed by atoms with Gasteiger partial charge in [0.05, 0.1) is 5.56 Å². The summed E-state index contributed by atoms with van der Waals surface area (Å²) >= 11 is 2.22. The van der Waals surface area contributed by atoms with Gasteiger partial charge in [0.15, 0.2) is 0 Å². The van der Waals surface area contributed by atoms with Crippen LogP contribution in [0.4, 0.5) is 0 Å². The van der Waals surface area contributed by atoms with Gasteiger partial charge in [-0.3, -0.25) is 4.79 Å². The standard InChI is InChI=1S/C14H19IN2O/c1-10(16)13-8-4-5-9-17(13)14(18)11-6-2-3-7-12(11)15/h2-3,6-7,10,13H,4-5,8-9,16H2,1H3. The number of carbonyl (C=O) groups is 1. The van der Waals surface area contributed by atoms with Crippen LogP contribution in [0.3, 0.4) is 0 Å². The van der Waals surface area contributed by atoms with Crippen molar-refractivity contribution in [1.82, 2.24) is 4.90 Å². The van der Waals surface area contributed by atoms with E-state index >= 15 is 0 Å². The Hall–Kier alpha value is -0.620. The van der Waals surface area contributed by atoms with Gasteiger partial charge in [0, 0.05) is 22.2 Å². The number of rotatable bonds is 2. The van der Waals surface area contributed by atoms with E-state index in [-0.39, 0.29) is 18.0 Å². The van der Waals surface area contributed by atoms with Crippen LogP contribution in [0.5, 0.6) is 0 Å². The van der Waals surface area contributed by atoms with E-state index in [1.165, 1.54) is 6.42 Å². The Labute approximate surface area is 122 Å². The van der Waals surface area contributed by atoms with Crippen molar-refractivity contribution < 1.29 is 4.79 Å². The first kappa shape index (κ1) is 13.8. The van der Waals surface area contributed by atoms with Crippen LogP contribution in [-0.4, -0.2) is 29.4 Å². The summed E-state index contributed by atoms with van der Waals surface area (Å²) in [6.07, 6.45) is 3.27. The third-order valence-corrected chi connectivity index (χ3v) is 4.46. The van der Waals surface area contributed by atoms with Crippen molar-refractivity contribution in [3.63, 3.8) is 0 Å². The highest BCUT2D eigenvalue weighted by Gasteiger charge is 2.30. The third-order valence-electron chi connectivity index (χ3n) is 3.52. The van der Waals surface area contributed by atoms with Gasteiger partial charge in [-0.1, -0.05) is 12.1 Å². The fraction of sp³-hybridized carbons (Fsp3) is 0.500. The van der Waals surface area contributed by atoms with E-state index in [1.807, 2.05) is 36.1 Å². The first-order chi connectivity index (χ1) is 8.61. The van der Waals surface area contributed by atoms with E-state index in [1.54, 1.807) is 0 Å². The molecule has 2 unspecified atom stereocenters. The fourth-order valence-electron chi connectivity index (χ4n) is 2.55. The second-order valence-electron chi connectivity index (χ2n) is 4.90. The SMILES string of the molecule is CC(N)C1CCCCN1C(=O)c1ccccc1I. The number of hydrogen-bond donors (Lipinski definition) is 1. The van der Waals surface area contributed by atoms with Gasteiger partial charge >= 0.3 is 0 Å². The number of piperidine rings is 1. The van der Waals surface area contributed by atoms with Gasteiger partial charge in [0.2, 0.25) is 0 Å². The predicted molar refractivity (Wildman–Crippen MR) is 81.5 cm³/mol.